The molecule has 1 heterocycles. The van der Waals surface area contributed by atoms with E-state index in [1.807, 2.05) is 0 Å². The van der Waals surface area contributed by atoms with E-state index in [4.69, 9.17) is 15.2 Å². The van der Waals surface area contributed by atoms with Gasteiger partial charge in [0.2, 0.25) is 0 Å². The zero-order valence-electron chi connectivity index (χ0n) is 14.3. The number of aliphatic imine (C=N–C) groups is 1. The number of nitrogens with two attached hydrogens (primary N) is 1. The third-order valence-electron chi connectivity index (χ3n) is 3.94. The van der Waals surface area contributed by atoms with Crippen LogP contribution in [0.3, 0.4) is 0 Å². The van der Waals surface area contributed by atoms with Crippen molar-refractivity contribution in [1.82, 2.24) is 5.32 Å². The lowest BCUT2D eigenvalue weighted by Crippen LogP contribution is -2.32. The molecule has 0 saturated carbocycles. The Balaban J connectivity index is 1.83. The van der Waals surface area contributed by atoms with Crippen molar-refractivity contribution in [3.63, 3.8) is 0 Å². The number of nitrogens with zero attached hydrogens (tertiary/aromatic N) is 1. The highest BCUT2D eigenvalue weighted by Gasteiger charge is 2.14. The first-order valence-corrected chi connectivity index (χ1v) is 9.02. The molecule has 1 rings (SSSR count). The molecule has 5 heteroatoms. The minimum atomic E-state index is 0.567. The molecular weight excluding hydrogens is 278 g/mol. The molecular formula is C17H35N3O2. The fourth-order valence-electron chi connectivity index (χ4n) is 2.51. The number of unbranched alkanes of at least 4 members (excludes halogenated alkanes) is 5. The van der Waals surface area contributed by atoms with E-state index in [0.29, 0.717) is 11.9 Å². The SMILES string of the molecule is CCCCCCCCNC(N)=NCCCOCC1CCOC1. The Bertz CT molecular complexity index is 279. The highest BCUT2D eigenvalue weighted by molar-refractivity contribution is 5.77. The predicted octanol–water partition coefficient (Wildman–Crippen LogP) is 2.69. The molecule has 22 heavy (non-hydrogen) atoms. The lowest BCUT2D eigenvalue weighted by Gasteiger charge is -2.08. The minimum absolute atomic E-state index is 0.567. The van der Waals surface area contributed by atoms with Crippen molar-refractivity contribution in [2.75, 3.05) is 39.5 Å². The minimum Gasteiger partial charge on any atom is -0.381 e. The van der Waals surface area contributed by atoms with Crippen molar-refractivity contribution in [2.45, 2.75) is 58.3 Å². The van der Waals surface area contributed by atoms with E-state index in [0.717, 1.165) is 52.4 Å². The van der Waals surface area contributed by atoms with Gasteiger partial charge in [0.05, 0.1) is 13.2 Å². The third-order valence-corrected chi connectivity index (χ3v) is 3.94. The van der Waals surface area contributed by atoms with Crippen molar-refractivity contribution in [3.8, 4) is 0 Å². The second-order valence-electron chi connectivity index (χ2n) is 6.12. The van der Waals surface area contributed by atoms with Crippen LogP contribution < -0.4 is 11.1 Å². The van der Waals surface area contributed by atoms with Crippen LogP contribution in [0.1, 0.15) is 58.3 Å². The molecule has 0 aromatic carbocycles. The Labute approximate surface area is 136 Å². The van der Waals surface area contributed by atoms with Crippen molar-refractivity contribution in [2.24, 2.45) is 16.6 Å². The van der Waals surface area contributed by atoms with Crippen LogP contribution in [0.5, 0.6) is 0 Å². The summed E-state index contributed by atoms with van der Waals surface area (Å²) in [7, 11) is 0. The van der Waals surface area contributed by atoms with Gasteiger partial charge < -0.3 is 20.5 Å². The van der Waals surface area contributed by atoms with E-state index >= 15 is 0 Å². The van der Waals surface area contributed by atoms with Gasteiger partial charge in [-0.1, -0.05) is 39.0 Å². The number of guanidine groups is 1. The monoisotopic (exact) mass is 313 g/mol. The standard InChI is InChI=1S/C17H35N3O2/c1-2-3-4-5-6-7-10-19-17(18)20-11-8-12-21-14-16-9-13-22-15-16/h16H,2-15H2,1H3,(H3,18,19,20). The number of ether oxygens (including phenoxy) is 2. The second-order valence-corrected chi connectivity index (χ2v) is 6.12. The van der Waals surface area contributed by atoms with Crippen LogP contribution in [0.2, 0.25) is 0 Å². The molecule has 1 saturated heterocycles. The smallest absolute Gasteiger partial charge is 0.188 e. The van der Waals surface area contributed by atoms with Crippen molar-refractivity contribution < 1.29 is 9.47 Å². The summed E-state index contributed by atoms with van der Waals surface area (Å²) in [6, 6.07) is 0. The Kier molecular flexibility index (Phi) is 12.1. The predicted molar refractivity (Wildman–Crippen MR) is 92.2 cm³/mol. The molecule has 1 aliphatic rings. The van der Waals surface area contributed by atoms with Gasteiger partial charge in [-0.2, -0.15) is 0 Å². The maximum atomic E-state index is 5.83. The Morgan fingerprint density at radius 2 is 2.05 bits per heavy atom. The normalized spacial score (nSPS) is 18.8. The van der Waals surface area contributed by atoms with E-state index in [1.165, 1.54) is 38.5 Å². The van der Waals surface area contributed by atoms with Crippen molar-refractivity contribution in [1.29, 1.82) is 0 Å². The van der Waals surface area contributed by atoms with Crippen molar-refractivity contribution in [3.05, 3.63) is 0 Å². The van der Waals surface area contributed by atoms with Gasteiger partial charge in [0.1, 0.15) is 0 Å². The molecule has 5 nitrogen and oxygen atoms in total. The molecule has 0 spiro atoms. The first-order chi connectivity index (χ1) is 10.8. The zero-order valence-corrected chi connectivity index (χ0v) is 14.3. The van der Waals surface area contributed by atoms with Gasteiger partial charge in [-0.25, -0.2) is 0 Å². The highest BCUT2D eigenvalue weighted by Crippen LogP contribution is 2.12. The first-order valence-electron chi connectivity index (χ1n) is 9.02. The van der Waals surface area contributed by atoms with Gasteiger partial charge in [0, 0.05) is 32.2 Å². The number of hydrogen-bond acceptors (Lipinski definition) is 3. The molecule has 0 radical (unpaired) electrons. The zero-order chi connectivity index (χ0) is 15.9. The summed E-state index contributed by atoms with van der Waals surface area (Å²) in [5, 5.41) is 3.18. The fraction of sp³-hybridized carbons (Fsp3) is 0.941. The van der Waals surface area contributed by atoms with Crippen molar-refractivity contribution >= 4 is 5.96 Å². The maximum Gasteiger partial charge on any atom is 0.188 e. The molecule has 0 aliphatic carbocycles. The average Bonchev–Trinajstić information content (AvgIpc) is 3.03. The topological polar surface area (TPSA) is 68.9 Å². The summed E-state index contributed by atoms with van der Waals surface area (Å²) < 4.78 is 10.9. The van der Waals surface area contributed by atoms with Crippen LogP contribution in [0.25, 0.3) is 0 Å². The average molecular weight is 313 g/mol. The quantitative estimate of drug-likeness (QED) is 0.312. The summed E-state index contributed by atoms with van der Waals surface area (Å²) in [6.45, 7) is 7.22. The van der Waals surface area contributed by atoms with E-state index in [1.54, 1.807) is 0 Å². The number of rotatable bonds is 13. The summed E-state index contributed by atoms with van der Waals surface area (Å²) in [4.78, 5) is 4.32. The molecule has 0 aromatic rings. The van der Waals surface area contributed by atoms with E-state index in [2.05, 4.69) is 17.2 Å². The summed E-state index contributed by atoms with van der Waals surface area (Å²) in [5.74, 6) is 1.16. The second kappa shape index (κ2) is 13.8. The lowest BCUT2D eigenvalue weighted by molar-refractivity contribution is 0.0893. The van der Waals surface area contributed by atoms with Gasteiger partial charge in [0.15, 0.2) is 5.96 Å². The van der Waals surface area contributed by atoms with Crippen LogP contribution in [0, 0.1) is 5.92 Å². The number of nitrogens with one attached hydrogen (secondary N) is 1. The molecule has 0 aromatic heterocycles. The van der Waals surface area contributed by atoms with Crippen LogP contribution >= 0.6 is 0 Å². The molecule has 1 unspecified atom stereocenters. The summed E-state index contributed by atoms with van der Waals surface area (Å²) in [5.41, 5.74) is 5.83. The highest BCUT2D eigenvalue weighted by atomic mass is 16.5. The van der Waals surface area contributed by atoms with Gasteiger partial charge in [-0.15, -0.1) is 0 Å². The molecule has 1 aliphatic heterocycles. The summed E-state index contributed by atoms with van der Waals surface area (Å²) >= 11 is 0. The van der Waals surface area contributed by atoms with E-state index in [9.17, 15) is 0 Å². The van der Waals surface area contributed by atoms with Crippen LogP contribution in [0.4, 0.5) is 0 Å². The third kappa shape index (κ3) is 10.9. The first kappa shape index (κ1) is 19.2. The molecule has 3 N–H and O–H groups in total. The maximum absolute atomic E-state index is 5.83. The van der Waals surface area contributed by atoms with Crippen LogP contribution in [0.15, 0.2) is 4.99 Å². The van der Waals surface area contributed by atoms with Crippen LogP contribution in [-0.2, 0) is 9.47 Å². The van der Waals surface area contributed by atoms with Gasteiger partial charge in [0.25, 0.3) is 0 Å². The van der Waals surface area contributed by atoms with Crippen LogP contribution in [-0.4, -0.2) is 45.5 Å². The Morgan fingerprint density at radius 1 is 1.23 bits per heavy atom. The molecule has 1 fully saturated rings. The lowest BCUT2D eigenvalue weighted by atomic mass is 10.1. The van der Waals surface area contributed by atoms with Gasteiger partial charge in [-0.3, -0.25) is 4.99 Å². The molecule has 130 valence electrons. The largest absolute Gasteiger partial charge is 0.381 e. The number of hydrogen-bond donors (Lipinski definition) is 2. The Hall–Kier alpha value is -0.810. The van der Waals surface area contributed by atoms with Gasteiger partial charge in [-0.05, 0) is 19.3 Å². The fourth-order valence-corrected chi connectivity index (χ4v) is 2.51. The Morgan fingerprint density at radius 3 is 2.82 bits per heavy atom. The van der Waals surface area contributed by atoms with E-state index < -0.39 is 0 Å². The molecule has 0 bridgehead atoms. The molecule has 0 amide bonds. The molecule has 1 atom stereocenters. The van der Waals surface area contributed by atoms with E-state index in [-0.39, 0.29) is 0 Å². The summed E-state index contributed by atoms with van der Waals surface area (Å²) in [6.07, 6.45) is 9.85. The van der Waals surface area contributed by atoms with Gasteiger partial charge >= 0.3 is 0 Å².